The zero-order valence-corrected chi connectivity index (χ0v) is 19.1. The van der Waals surface area contributed by atoms with Gasteiger partial charge in [-0.25, -0.2) is 0 Å². The van der Waals surface area contributed by atoms with Gasteiger partial charge in [0.25, 0.3) is 0 Å². The average molecular weight is 441 g/mol. The number of piperidine rings is 1. The maximum absolute atomic E-state index is 12.7. The number of hydrogen-bond acceptors (Lipinski definition) is 4. The van der Waals surface area contributed by atoms with Gasteiger partial charge < -0.3 is 10.2 Å². The van der Waals surface area contributed by atoms with Crippen molar-refractivity contribution in [1.29, 1.82) is 0 Å². The molecule has 1 saturated carbocycles. The van der Waals surface area contributed by atoms with Crippen molar-refractivity contribution in [2.45, 2.75) is 61.9 Å². The lowest BCUT2D eigenvalue weighted by atomic mass is 9.91. The highest BCUT2D eigenvalue weighted by Gasteiger charge is 2.28. The molecule has 0 atom stereocenters. The van der Waals surface area contributed by atoms with Crippen LogP contribution in [0, 0.1) is 0 Å². The summed E-state index contributed by atoms with van der Waals surface area (Å²) in [6.07, 6.45) is 12.3. The summed E-state index contributed by atoms with van der Waals surface area (Å²) >= 11 is 2.01. The van der Waals surface area contributed by atoms with Crippen LogP contribution in [0.3, 0.4) is 0 Å². The van der Waals surface area contributed by atoms with Crippen LogP contribution in [0.5, 0.6) is 0 Å². The number of aromatic nitrogens is 2. The number of hydrogen-bond donors (Lipinski definition) is 1. The Balaban J connectivity index is 1.26. The van der Waals surface area contributed by atoms with E-state index < -0.39 is 11.8 Å². The number of likely N-dealkylation sites (tertiary alicyclic amines) is 1. The largest absolute Gasteiger partial charge is 0.334 e. The molecule has 6 nitrogen and oxygen atoms in total. The molecule has 2 amide bonds. The van der Waals surface area contributed by atoms with Gasteiger partial charge in [0.15, 0.2) is 0 Å². The summed E-state index contributed by atoms with van der Waals surface area (Å²) < 4.78 is 1.81. The second-order valence-electron chi connectivity index (χ2n) is 8.74. The molecule has 2 heterocycles. The molecular weight excluding hydrogens is 408 g/mol. The van der Waals surface area contributed by atoms with Crippen LogP contribution in [0.25, 0.3) is 0 Å². The molecule has 0 bridgehead atoms. The molecule has 1 aromatic heterocycles. The van der Waals surface area contributed by atoms with Crippen LogP contribution in [0.2, 0.25) is 0 Å². The summed E-state index contributed by atoms with van der Waals surface area (Å²) in [5.41, 5.74) is 3.10. The Kier molecular flexibility index (Phi) is 7.33. The number of rotatable bonds is 5. The molecule has 31 heavy (non-hydrogen) atoms. The molecule has 2 fully saturated rings. The highest BCUT2D eigenvalue weighted by atomic mass is 32.2. The standard InChI is InChI=1S/C24H32N4O2S/c1-27-16-20(15-25-27)19-10-12-28(13-11-19)24(30)23(29)26-21-7-5-6-18(14-21)17-31-22-8-3-2-4-9-22/h5-7,14-16,19,22H,2-4,8-13,17H2,1H3,(H,26,29). The van der Waals surface area contributed by atoms with Crippen molar-refractivity contribution >= 4 is 29.3 Å². The molecule has 166 valence electrons. The number of amides is 2. The second-order valence-corrected chi connectivity index (χ2v) is 10.0. The van der Waals surface area contributed by atoms with Crippen LogP contribution >= 0.6 is 11.8 Å². The smallest absolute Gasteiger partial charge is 0.313 e. The van der Waals surface area contributed by atoms with Crippen LogP contribution in [0.15, 0.2) is 36.7 Å². The van der Waals surface area contributed by atoms with Crippen molar-refractivity contribution in [3.63, 3.8) is 0 Å². The Bertz CT molecular complexity index is 898. The number of carbonyl (C=O) groups is 2. The lowest BCUT2D eigenvalue weighted by Gasteiger charge is -2.31. The van der Waals surface area contributed by atoms with Crippen LogP contribution in [-0.2, 0) is 22.4 Å². The third-order valence-corrected chi connectivity index (χ3v) is 7.84. The normalized spacial score (nSPS) is 18.2. The van der Waals surface area contributed by atoms with Gasteiger partial charge in [-0.1, -0.05) is 31.4 Å². The van der Waals surface area contributed by atoms with E-state index in [9.17, 15) is 9.59 Å². The van der Waals surface area contributed by atoms with Crippen molar-refractivity contribution < 1.29 is 9.59 Å². The van der Waals surface area contributed by atoms with Gasteiger partial charge in [0.2, 0.25) is 0 Å². The highest BCUT2D eigenvalue weighted by Crippen LogP contribution is 2.31. The molecule has 2 aliphatic rings. The summed E-state index contributed by atoms with van der Waals surface area (Å²) in [5.74, 6) is 0.368. The fourth-order valence-corrected chi connectivity index (χ4v) is 5.85. The van der Waals surface area contributed by atoms with Crippen molar-refractivity contribution in [3.8, 4) is 0 Å². The Labute approximate surface area is 188 Å². The van der Waals surface area contributed by atoms with E-state index in [0.29, 0.717) is 24.7 Å². The predicted octanol–water partition coefficient (Wildman–Crippen LogP) is 4.33. The predicted molar refractivity (Wildman–Crippen MR) is 125 cm³/mol. The lowest BCUT2D eigenvalue weighted by Crippen LogP contribution is -2.43. The molecule has 1 saturated heterocycles. The molecule has 1 N–H and O–H groups in total. The van der Waals surface area contributed by atoms with Crippen LogP contribution in [-0.4, -0.2) is 44.8 Å². The molecule has 1 aliphatic heterocycles. The number of anilines is 1. The van der Waals surface area contributed by atoms with Gasteiger partial charge in [-0.05, 0) is 54.9 Å². The van der Waals surface area contributed by atoms with Gasteiger partial charge in [0, 0.05) is 43.0 Å². The molecule has 0 spiro atoms. The second kappa shape index (κ2) is 10.4. The van der Waals surface area contributed by atoms with Crippen molar-refractivity contribution in [2.24, 2.45) is 7.05 Å². The first-order valence-electron chi connectivity index (χ1n) is 11.4. The van der Waals surface area contributed by atoms with Gasteiger partial charge in [0.05, 0.1) is 6.20 Å². The molecule has 1 aromatic carbocycles. The van der Waals surface area contributed by atoms with E-state index in [4.69, 9.17) is 0 Å². The summed E-state index contributed by atoms with van der Waals surface area (Å²) in [4.78, 5) is 26.9. The first-order chi connectivity index (χ1) is 15.1. The first-order valence-corrected chi connectivity index (χ1v) is 12.4. The van der Waals surface area contributed by atoms with Crippen molar-refractivity contribution in [3.05, 3.63) is 47.8 Å². The van der Waals surface area contributed by atoms with E-state index in [1.54, 1.807) is 4.90 Å². The van der Waals surface area contributed by atoms with E-state index >= 15 is 0 Å². The SMILES string of the molecule is Cn1cc(C2CCN(C(=O)C(=O)Nc3cccc(CSC4CCCCC4)c3)CC2)cn1. The maximum atomic E-state index is 12.7. The van der Waals surface area contributed by atoms with E-state index in [0.717, 1.165) is 23.8 Å². The van der Waals surface area contributed by atoms with Crippen LogP contribution in [0.1, 0.15) is 62.0 Å². The lowest BCUT2D eigenvalue weighted by molar-refractivity contribution is -0.143. The van der Waals surface area contributed by atoms with Gasteiger partial charge in [-0.3, -0.25) is 14.3 Å². The van der Waals surface area contributed by atoms with Crippen molar-refractivity contribution in [1.82, 2.24) is 14.7 Å². The zero-order valence-electron chi connectivity index (χ0n) is 18.3. The van der Waals surface area contributed by atoms with Crippen LogP contribution < -0.4 is 5.32 Å². The molecule has 1 aliphatic carbocycles. The summed E-state index contributed by atoms with van der Waals surface area (Å²) in [6.45, 7) is 1.20. The Morgan fingerprint density at radius 1 is 1.13 bits per heavy atom. The fraction of sp³-hybridized carbons (Fsp3) is 0.542. The number of nitrogens with one attached hydrogen (secondary N) is 1. The molecule has 0 unspecified atom stereocenters. The summed E-state index contributed by atoms with van der Waals surface area (Å²) in [7, 11) is 1.91. The molecule has 0 radical (unpaired) electrons. The molecular formula is C24H32N4O2S. The highest BCUT2D eigenvalue weighted by molar-refractivity contribution is 7.99. The number of nitrogens with zero attached hydrogens (tertiary/aromatic N) is 3. The molecule has 2 aromatic rings. The van der Waals surface area contributed by atoms with E-state index in [1.165, 1.54) is 43.2 Å². The van der Waals surface area contributed by atoms with Gasteiger partial charge in [-0.15, -0.1) is 0 Å². The summed E-state index contributed by atoms with van der Waals surface area (Å²) in [5, 5.41) is 7.80. The minimum Gasteiger partial charge on any atom is -0.334 e. The first kappa shape index (κ1) is 21.9. The van der Waals surface area contributed by atoms with Gasteiger partial charge >= 0.3 is 11.8 Å². The number of thioether (sulfide) groups is 1. The molecule has 7 heteroatoms. The Morgan fingerprint density at radius 3 is 2.61 bits per heavy atom. The van der Waals surface area contributed by atoms with Gasteiger partial charge in [-0.2, -0.15) is 16.9 Å². The van der Waals surface area contributed by atoms with E-state index in [2.05, 4.69) is 16.5 Å². The van der Waals surface area contributed by atoms with Crippen molar-refractivity contribution in [2.75, 3.05) is 18.4 Å². The summed E-state index contributed by atoms with van der Waals surface area (Å²) in [6, 6.07) is 7.90. The third kappa shape index (κ3) is 5.91. The Hall–Kier alpha value is -2.28. The monoisotopic (exact) mass is 440 g/mol. The maximum Gasteiger partial charge on any atom is 0.313 e. The number of aryl methyl sites for hydroxylation is 1. The zero-order chi connectivity index (χ0) is 21.6. The van der Waals surface area contributed by atoms with E-state index in [-0.39, 0.29) is 0 Å². The Morgan fingerprint density at radius 2 is 1.90 bits per heavy atom. The quantitative estimate of drug-likeness (QED) is 0.703. The number of benzene rings is 1. The minimum atomic E-state index is -0.545. The topological polar surface area (TPSA) is 67.2 Å². The van der Waals surface area contributed by atoms with Gasteiger partial charge in [0.1, 0.15) is 0 Å². The fourth-order valence-electron chi connectivity index (χ4n) is 4.58. The third-order valence-electron chi connectivity index (χ3n) is 6.40. The van der Waals surface area contributed by atoms with E-state index in [1.807, 2.05) is 54.1 Å². The average Bonchev–Trinajstić information content (AvgIpc) is 3.24. The molecule has 4 rings (SSSR count). The van der Waals surface area contributed by atoms with Crippen LogP contribution in [0.4, 0.5) is 5.69 Å². The minimum absolute atomic E-state index is 0.402. The number of carbonyl (C=O) groups excluding carboxylic acids is 2.